The molecule has 1 saturated carbocycles. The van der Waals surface area contributed by atoms with Gasteiger partial charge in [-0.05, 0) is 37.3 Å². The molecule has 1 aromatic carbocycles. The Kier molecular flexibility index (Phi) is 4.75. The molecule has 8 nitrogen and oxygen atoms in total. The Labute approximate surface area is 140 Å². The van der Waals surface area contributed by atoms with Crippen molar-refractivity contribution in [2.24, 2.45) is 5.92 Å². The van der Waals surface area contributed by atoms with E-state index < -0.39 is 20.6 Å². The second-order valence-electron chi connectivity index (χ2n) is 6.13. The van der Waals surface area contributed by atoms with Crippen LogP contribution in [0.5, 0.6) is 5.75 Å². The maximum absolute atomic E-state index is 13.1. The third-order valence-electron chi connectivity index (χ3n) is 4.37. The van der Waals surface area contributed by atoms with Crippen molar-refractivity contribution >= 4 is 15.7 Å². The SMILES string of the molecule is COc1ccc(S(=O)(=O)N(C[C@H]2CCOC2)C2CC2)c([N+](=O)[O-])c1. The molecule has 132 valence electrons. The van der Waals surface area contributed by atoms with Gasteiger partial charge in [0.2, 0.25) is 10.0 Å². The molecule has 1 saturated heterocycles. The lowest BCUT2D eigenvalue weighted by Crippen LogP contribution is -2.37. The quantitative estimate of drug-likeness (QED) is 0.545. The Balaban J connectivity index is 1.96. The number of hydrogen-bond acceptors (Lipinski definition) is 6. The fourth-order valence-corrected chi connectivity index (χ4v) is 4.80. The van der Waals surface area contributed by atoms with E-state index in [4.69, 9.17) is 9.47 Å². The lowest BCUT2D eigenvalue weighted by molar-refractivity contribution is -0.387. The minimum atomic E-state index is -3.95. The average Bonchev–Trinajstić information content (AvgIpc) is 3.27. The first-order valence-corrected chi connectivity index (χ1v) is 9.29. The zero-order valence-electron chi connectivity index (χ0n) is 13.4. The molecule has 0 aromatic heterocycles. The first kappa shape index (κ1) is 17.1. The van der Waals surface area contributed by atoms with Crippen LogP contribution < -0.4 is 4.74 Å². The standard InChI is InChI=1S/C15H20N2O6S/c1-22-13-4-5-15(14(8-13)17(18)19)24(20,21)16(12-2-3-12)9-11-6-7-23-10-11/h4-5,8,11-12H,2-3,6-7,9-10H2,1H3/t11-/m1/s1. The number of nitro groups is 1. The van der Waals surface area contributed by atoms with Crippen LogP contribution >= 0.6 is 0 Å². The summed E-state index contributed by atoms with van der Waals surface area (Å²) in [7, 11) is -2.57. The minimum absolute atomic E-state index is 0.0719. The van der Waals surface area contributed by atoms with Crippen molar-refractivity contribution in [3.8, 4) is 5.75 Å². The third-order valence-corrected chi connectivity index (χ3v) is 6.33. The third kappa shape index (κ3) is 3.38. The molecule has 0 unspecified atom stereocenters. The molecule has 1 atom stereocenters. The number of ether oxygens (including phenoxy) is 2. The predicted octanol–water partition coefficient (Wildman–Crippen LogP) is 1.79. The van der Waals surface area contributed by atoms with Gasteiger partial charge in [0.15, 0.2) is 4.90 Å². The monoisotopic (exact) mass is 356 g/mol. The van der Waals surface area contributed by atoms with Crippen molar-refractivity contribution in [3.63, 3.8) is 0 Å². The molecule has 1 heterocycles. The summed E-state index contributed by atoms with van der Waals surface area (Å²) in [6.07, 6.45) is 2.39. The lowest BCUT2D eigenvalue weighted by atomic mass is 10.1. The fourth-order valence-electron chi connectivity index (χ4n) is 2.90. The van der Waals surface area contributed by atoms with E-state index in [0.717, 1.165) is 25.3 Å². The molecule has 1 aliphatic heterocycles. The van der Waals surface area contributed by atoms with Crippen LogP contribution in [0.2, 0.25) is 0 Å². The Bertz CT molecular complexity index is 725. The number of nitro benzene ring substituents is 1. The van der Waals surface area contributed by atoms with Crippen LogP contribution in [0.4, 0.5) is 5.69 Å². The summed E-state index contributed by atoms with van der Waals surface area (Å²) >= 11 is 0. The largest absolute Gasteiger partial charge is 0.497 e. The van der Waals surface area contributed by atoms with E-state index in [9.17, 15) is 18.5 Å². The number of benzene rings is 1. The second kappa shape index (κ2) is 6.66. The summed E-state index contributed by atoms with van der Waals surface area (Å²) in [6.45, 7) is 1.51. The summed E-state index contributed by atoms with van der Waals surface area (Å²) in [4.78, 5) is 10.4. The number of nitrogens with zero attached hydrogens (tertiary/aromatic N) is 2. The second-order valence-corrected chi connectivity index (χ2v) is 7.99. The molecule has 0 bridgehead atoms. The molecule has 1 aliphatic carbocycles. The molecular formula is C15H20N2O6S. The summed E-state index contributed by atoms with van der Waals surface area (Å²) < 4.78 is 37.8. The van der Waals surface area contributed by atoms with E-state index in [-0.39, 0.29) is 22.6 Å². The first-order chi connectivity index (χ1) is 11.4. The number of hydrogen-bond donors (Lipinski definition) is 0. The highest BCUT2D eigenvalue weighted by atomic mass is 32.2. The Morgan fingerprint density at radius 3 is 2.67 bits per heavy atom. The van der Waals surface area contributed by atoms with Gasteiger partial charge in [0.05, 0.1) is 24.7 Å². The minimum Gasteiger partial charge on any atom is -0.497 e. The van der Waals surface area contributed by atoms with E-state index in [1.165, 1.54) is 23.5 Å². The molecule has 2 aliphatic rings. The molecule has 2 fully saturated rings. The van der Waals surface area contributed by atoms with Crippen molar-refractivity contribution in [1.82, 2.24) is 4.31 Å². The van der Waals surface area contributed by atoms with Gasteiger partial charge >= 0.3 is 0 Å². The topological polar surface area (TPSA) is 99.0 Å². The Hall–Kier alpha value is -1.71. The normalized spacial score (nSPS) is 21.2. The molecule has 0 spiro atoms. The van der Waals surface area contributed by atoms with Crippen molar-refractivity contribution in [1.29, 1.82) is 0 Å². The smallest absolute Gasteiger partial charge is 0.293 e. The van der Waals surface area contributed by atoms with Gasteiger partial charge in [0, 0.05) is 19.2 Å². The highest BCUT2D eigenvalue weighted by Crippen LogP contribution is 2.37. The van der Waals surface area contributed by atoms with E-state index in [0.29, 0.717) is 19.8 Å². The summed E-state index contributed by atoms with van der Waals surface area (Å²) in [6, 6.07) is 3.77. The summed E-state index contributed by atoms with van der Waals surface area (Å²) in [5, 5.41) is 11.3. The number of sulfonamides is 1. The van der Waals surface area contributed by atoms with E-state index >= 15 is 0 Å². The van der Waals surface area contributed by atoms with Crippen molar-refractivity contribution in [2.45, 2.75) is 30.2 Å². The van der Waals surface area contributed by atoms with Gasteiger partial charge in [-0.2, -0.15) is 4.31 Å². The molecular weight excluding hydrogens is 336 g/mol. The van der Waals surface area contributed by atoms with E-state index in [2.05, 4.69) is 0 Å². The predicted molar refractivity (Wildman–Crippen MR) is 85.5 cm³/mol. The maximum Gasteiger partial charge on any atom is 0.293 e. The van der Waals surface area contributed by atoms with Crippen molar-refractivity contribution in [2.75, 3.05) is 26.9 Å². The molecule has 9 heteroatoms. The number of methoxy groups -OCH3 is 1. The molecule has 0 amide bonds. The van der Waals surface area contributed by atoms with Gasteiger partial charge in [-0.1, -0.05) is 0 Å². The van der Waals surface area contributed by atoms with Gasteiger partial charge in [-0.15, -0.1) is 0 Å². The highest BCUT2D eigenvalue weighted by molar-refractivity contribution is 7.89. The van der Waals surface area contributed by atoms with Crippen LogP contribution in [-0.4, -0.2) is 50.6 Å². The van der Waals surface area contributed by atoms with E-state index in [1.807, 2.05) is 0 Å². The van der Waals surface area contributed by atoms with Crippen LogP contribution in [0.15, 0.2) is 23.1 Å². The Morgan fingerprint density at radius 2 is 2.12 bits per heavy atom. The van der Waals surface area contributed by atoms with Crippen molar-refractivity contribution in [3.05, 3.63) is 28.3 Å². The molecule has 0 radical (unpaired) electrons. The van der Waals surface area contributed by atoms with Crippen LogP contribution in [0.25, 0.3) is 0 Å². The van der Waals surface area contributed by atoms with Crippen molar-refractivity contribution < 1.29 is 22.8 Å². The van der Waals surface area contributed by atoms with Gasteiger partial charge in [-0.25, -0.2) is 8.42 Å². The maximum atomic E-state index is 13.1. The molecule has 1 aromatic rings. The Morgan fingerprint density at radius 1 is 1.38 bits per heavy atom. The van der Waals surface area contributed by atoms with Crippen LogP contribution in [-0.2, 0) is 14.8 Å². The van der Waals surface area contributed by atoms with Gasteiger partial charge in [-0.3, -0.25) is 10.1 Å². The number of rotatable bonds is 7. The molecule has 24 heavy (non-hydrogen) atoms. The molecule has 0 N–H and O–H groups in total. The van der Waals surface area contributed by atoms with Crippen LogP contribution in [0.1, 0.15) is 19.3 Å². The zero-order valence-corrected chi connectivity index (χ0v) is 14.2. The van der Waals surface area contributed by atoms with Gasteiger partial charge in [0.1, 0.15) is 5.75 Å². The molecule has 3 rings (SSSR count). The first-order valence-electron chi connectivity index (χ1n) is 7.85. The van der Waals surface area contributed by atoms with Gasteiger partial charge < -0.3 is 9.47 Å². The fraction of sp³-hybridized carbons (Fsp3) is 0.600. The zero-order chi connectivity index (χ0) is 17.3. The average molecular weight is 356 g/mol. The van der Waals surface area contributed by atoms with Crippen LogP contribution in [0.3, 0.4) is 0 Å². The summed E-state index contributed by atoms with van der Waals surface area (Å²) in [5.41, 5.74) is -0.456. The highest BCUT2D eigenvalue weighted by Gasteiger charge is 2.42. The lowest BCUT2D eigenvalue weighted by Gasteiger charge is -2.24. The van der Waals surface area contributed by atoms with Crippen LogP contribution in [0, 0.1) is 16.0 Å². The van der Waals surface area contributed by atoms with Gasteiger partial charge in [0.25, 0.3) is 5.69 Å². The summed E-state index contributed by atoms with van der Waals surface area (Å²) in [5.74, 6) is 0.389. The van der Waals surface area contributed by atoms with E-state index in [1.54, 1.807) is 0 Å².